The van der Waals surface area contributed by atoms with Gasteiger partial charge in [0.1, 0.15) is 5.76 Å². The molecule has 0 aliphatic rings. The largest absolute Gasteiger partial charge is 0.478 e. The fourth-order valence-corrected chi connectivity index (χ4v) is 1.94. The number of allylic oxidation sites excluding steroid dienone is 10. The van der Waals surface area contributed by atoms with Gasteiger partial charge in [-0.2, -0.15) is 0 Å². The zero-order chi connectivity index (χ0) is 18.4. The highest BCUT2D eigenvalue weighted by atomic mass is 16.5. The lowest BCUT2D eigenvalue weighted by atomic mass is 10.1. The summed E-state index contributed by atoms with van der Waals surface area (Å²) in [5.41, 5.74) is 2.13. The Balaban J connectivity index is 5.67. The summed E-state index contributed by atoms with van der Waals surface area (Å²) in [7, 11) is 0. The van der Waals surface area contributed by atoms with Gasteiger partial charge < -0.3 is 9.84 Å². The van der Waals surface area contributed by atoms with Gasteiger partial charge in [0.25, 0.3) is 0 Å². The van der Waals surface area contributed by atoms with Crippen molar-refractivity contribution in [2.45, 2.75) is 40.5 Å². The number of hydrogen-bond acceptors (Lipinski definition) is 2. The summed E-state index contributed by atoms with van der Waals surface area (Å²) in [6.07, 6.45) is 17.6. The molecule has 0 fully saturated rings. The smallest absolute Gasteiger partial charge is 0.335 e. The predicted octanol–water partition coefficient (Wildman–Crippen LogP) is 5.87. The minimum atomic E-state index is -0.966. The Labute approximate surface area is 145 Å². The third-order valence-electron chi connectivity index (χ3n) is 3.10. The molecule has 24 heavy (non-hydrogen) atoms. The Morgan fingerprint density at radius 2 is 1.67 bits per heavy atom. The van der Waals surface area contributed by atoms with E-state index in [2.05, 4.69) is 6.58 Å². The quantitative estimate of drug-likeness (QED) is 0.310. The van der Waals surface area contributed by atoms with E-state index < -0.39 is 5.97 Å². The van der Waals surface area contributed by atoms with Gasteiger partial charge in [0, 0.05) is 0 Å². The summed E-state index contributed by atoms with van der Waals surface area (Å²) in [6, 6.07) is 0. The van der Waals surface area contributed by atoms with E-state index in [1.54, 1.807) is 25.2 Å². The minimum Gasteiger partial charge on any atom is -0.478 e. The van der Waals surface area contributed by atoms with E-state index in [1.807, 2.05) is 51.2 Å². The van der Waals surface area contributed by atoms with Crippen LogP contribution >= 0.6 is 0 Å². The number of carboxylic acid groups (broad SMARTS) is 1. The van der Waals surface area contributed by atoms with Gasteiger partial charge in [-0.25, -0.2) is 4.79 Å². The molecule has 0 amide bonds. The van der Waals surface area contributed by atoms with E-state index in [1.165, 1.54) is 6.26 Å². The van der Waals surface area contributed by atoms with E-state index in [-0.39, 0.29) is 5.57 Å². The second kappa shape index (κ2) is 12.9. The number of ether oxygens (including phenoxy) is 1. The first kappa shape index (κ1) is 21.4. The Bertz CT molecular complexity index is 597. The van der Waals surface area contributed by atoms with E-state index in [0.717, 1.165) is 17.6 Å². The Morgan fingerprint density at radius 3 is 2.12 bits per heavy atom. The van der Waals surface area contributed by atoms with Crippen molar-refractivity contribution >= 4 is 5.97 Å². The summed E-state index contributed by atoms with van der Waals surface area (Å²) >= 11 is 0. The van der Waals surface area contributed by atoms with Gasteiger partial charge in [0.2, 0.25) is 0 Å². The molecule has 0 aromatic heterocycles. The second-order valence-corrected chi connectivity index (χ2v) is 4.85. The average Bonchev–Trinajstić information content (AvgIpc) is 2.56. The molecule has 0 saturated carbocycles. The first-order chi connectivity index (χ1) is 11.5. The Kier molecular flexibility index (Phi) is 11.6. The molecule has 130 valence electrons. The molecule has 0 rings (SSSR count). The summed E-state index contributed by atoms with van der Waals surface area (Å²) in [5, 5.41) is 9.29. The van der Waals surface area contributed by atoms with E-state index in [9.17, 15) is 9.90 Å². The van der Waals surface area contributed by atoms with Crippen LogP contribution in [0.2, 0.25) is 0 Å². The standard InChI is InChI=1S/C21H28O3/c1-6-11-14-20(19(10-5)21(22)23)24-16-15-18(13-8-3)17(9-4)12-7-2/h7-9,11-16H,4,6,10H2,1-3,5H3,(H,22,23)/b12-7-,13-8-,14-11-,16-15+,18-17-,20-19-. The minimum absolute atomic E-state index is 0.248. The molecule has 0 spiro atoms. The van der Waals surface area contributed by atoms with Gasteiger partial charge in [-0.1, -0.05) is 56.9 Å². The third kappa shape index (κ3) is 7.63. The lowest BCUT2D eigenvalue weighted by Gasteiger charge is -2.07. The van der Waals surface area contributed by atoms with Gasteiger partial charge in [-0.3, -0.25) is 0 Å². The zero-order valence-corrected chi connectivity index (χ0v) is 15.1. The molecule has 0 heterocycles. The molecule has 0 radical (unpaired) electrons. The highest BCUT2D eigenvalue weighted by Crippen LogP contribution is 2.16. The number of rotatable bonds is 10. The highest BCUT2D eigenvalue weighted by Gasteiger charge is 2.11. The van der Waals surface area contributed by atoms with Crippen molar-refractivity contribution in [3.63, 3.8) is 0 Å². The molecule has 3 nitrogen and oxygen atoms in total. The Morgan fingerprint density at radius 1 is 1.04 bits per heavy atom. The van der Waals surface area contributed by atoms with Crippen molar-refractivity contribution < 1.29 is 14.6 Å². The summed E-state index contributed by atoms with van der Waals surface area (Å²) in [5.74, 6) is -0.610. The van der Waals surface area contributed by atoms with E-state index in [0.29, 0.717) is 12.2 Å². The van der Waals surface area contributed by atoms with Crippen molar-refractivity contribution in [2.75, 3.05) is 0 Å². The van der Waals surface area contributed by atoms with Crippen molar-refractivity contribution in [3.05, 3.63) is 83.9 Å². The molecule has 0 atom stereocenters. The van der Waals surface area contributed by atoms with Crippen molar-refractivity contribution in [1.29, 1.82) is 0 Å². The summed E-state index contributed by atoms with van der Waals surface area (Å²) in [6.45, 7) is 11.5. The van der Waals surface area contributed by atoms with E-state index in [4.69, 9.17) is 4.74 Å². The zero-order valence-electron chi connectivity index (χ0n) is 15.1. The van der Waals surface area contributed by atoms with Crippen LogP contribution in [0, 0.1) is 0 Å². The molecule has 0 unspecified atom stereocenters. The van der Waals surface area contributed by atoms with Gasteiger partial charge >= 0.3 is 5.97 Å². The first-order valence-electron chi connectivity index (χ1n) is 8.13. The van der Waals surface area contributed by atoms with Crippen LogP contribution < -0.4 is 0 Å². The fourth-order valence-electron chi connectivity index (χ4n) is 1.94. The van der Waals surface area contributed by atoms with Gasteiger partial charge in [-0.15, -0.1) is 0 Å². The normalized spacial score (nSPS) is 14.5. The lowest BCUT2D eigenvalue weighted by molar-refractivity contribution is -0.133. The van der Waals surface area contributed by atoms with Gasteiger partial charge in [0.15, 0.2) is 0 Å². The monoisotopic (exact) mass is 328 g/mol. The van der Waals surface area contributed by atoms with Crippen molar-refractivity contribution in [3.8, 4) is 0 Å². The number of hydrogen-bond donors (Lipinski definition) is 1. The fraction of sp³-hybridized carbons (Fsp3) is 0.286. The third-order valence-corrected chi connectivity index (χ3v) is 3.10. The maximum absolute atomic E-state index is 11.3. The number of carboxylic acids is 1. The van der Waals surface area contributed by atoms with E-state index >= 15 is 0 Å². The topological polar surface area (TPSA) is 46.5 Å². The molecule has 3 heteroatoms. The molecular formula is C21H28O3. The molecule has 0 aromatic rings. The second-order valence-electron chi connectivity index (χ2n) is 4.85. The molecule has 0 aromatic carbocycles. The van der Waals surface area contributed by atoms with Crippen molar-refractivity contribution in [2.24, 2.45) is 0 Å². The molecular weight excluding hydrogens is 300 g/mol. The maximum Gasteiger partial charge on any atom is 0.335 e. The molecule has 0 bridgehead atoms. The van der Waals surface area contributed by atoms with Crippen molar-refractivity contribution in [1.82, 2.24) is 0 Å². The molecule has 1 N–H and O–H groups in total. The number of carbonyl (C=O) groups is 1. The number of aliphatic carboxylic acids is 1. The average molecular weight is 328 g/mol. The van der Waals surface area contributed by atoms with Crippen LogP contribution in [0.1, 0.15) is 40.5 Å². The summed E-state index contributed by atoms with van der Waals surface area (Å²) in [4.78, 5) is 11.3. The van der Waals surface area contributed by atoms with Crippen LogP contribution in [-0.4, -0.2) is 11.1 Å². The van der Waals surface area contributed by atoms with Crippen LogP contribution in [0.25, 0.3) is 0 Å². The summed E-state index contributed by atoms with van der Waals surface area (Å²) < 4.78 is 5.61. The van der Waals surface area contributed by atoms with Crippen LogP contribution in [0.15, 0.2) is 83.9 Å². The maximum atomic E-state index is 11.3. The highest BCUT2D eigenvalue weighted by molar-refractivity contribution is 5.87. The van der Waals surface area contributed by atoms with Crippen LogP contribution in [0.5, 0.6) is 0 Å². The van der Waals surface area contributed by atoms with Gasteiger partial charge in [-0.05, 0) is 50.0 Å². The lowest BCUT2D eigenvalue weighted by Crippen LogP contribution is -2.03. The first-order valence-corrected chi connectivity index (χ1v) is 8.13. The predicted molar refractivity (Wildman–Crippen MR) is 101 cm³/mol. The molecule has 0 aliphatic heterocycles. The van der Waals surface area contributed by atoms with Gasteiger partial charge in [0.05, 0.1) is 11.8 Å². The SMILES string of the molecule is C=CC(/C=C\C)=C(\C=C/C)/C=C/OC(/C=C\CC)=C(/CC)C(=O)O. The molecule has 0 aliphatic carbocycles. The molecule has 0 saturated heterocycles. The van der Waals surface area contributed by atoms with Crippen LogP contribution in [0.4, 0.5) is 0 Å². The Hall–Kier alpha value is -2.55. The van der Waals surface area contributed by atoms with Crippen LogP contribution in [0.3, 0.4) is 0 Å². The van der Waals surface area contributed by atoms with Crippen LogP contribution in [-0.2, 0) is 9.53 Å².